The first kappa shape index (κ1) is 21.2. The summed E-state index contributed by atoms with van der Waals surface area (Å²) in [5.41, 5.74) is 5.16. The number of halogens is 4. The zero-order valence-electron chi connectivity index (χ0n) is 15.1. The van der Waals surface area contributed by atoms with Gasteiger partial charge in [-0.1, -0.05) is 24.6 Å². The Kier molecular flexibility index (Phi) is 5.91. The van der Waals surface area contributed by atoms with Gasteiger partial charge in [0.05, 0.1) is 17.4 Å². The molecule has 2 aromatic rings. The van der Waals surface area contributed by atoms with Gasteiger partial charge >= 0.3 is 6.18 Å². The highest BCUT2D eigenvalue weighted by molar-refractivity contribution is 5.95. The third-order valence-electron chi connectivity index (χ3n) is 4.88. The number of carbonyl (C=O) groups excluding carboxylic acids is 1. The van der Waals surface area contributed by atoms with Gasteiger partial charge in [0.15, 0.2) is 5.69 Å². The third-order valence-corrected chi connectivity index (χ3v) is 4.88. The molecule has 0 spiro atoms. The van der Waals surface area contributed by atoms with Gasteiger partial charge in [0, 0.05) is 13.1 Å². The number of hydrogen-bond donors (Lipinski definition) is 1. The van der Waals surface area contributed by atoms with Crippen molar-refractivity contribution in [3.05, 3.63) is 47.3 Å². The van der Waals surface area contributed by atoms with E-state index in [0.717, 1.165) is 16.4 Å². The lowest BCUT2D eigenvalue weighted by Gasteiger charge is -2.22. The van der Waals surface area contributed by atoms with Crippen molar-refractivity contribution in [2.24, 2.45) is 11.1 Å². The molecular weight excluding hydrogens is 381 g/mol. The molecule has 2 N–H and O–H groups in total. The summed E-state index contributed by atoms with van der Waals surface area (Å²) < 4.78 is 41.9. The van der Waals surface area contributed by atoms with Crippen molar-refractivity contribution >= 4 is 18.3 Å². The Morgan fingerprint density at radius 3 is 2.44 bits per heavy atom. The van der Waals surface area contributed by atoms with Crippen LogP contribution in [0.5, 0.6) is 0 Å². The van der Waals surface area contributed by atoms with E-state index in [1.165, 1.54) is 4.90 Å². The van der Waals surface area contributed by atoms with Crippen LogP contribution < -0.4 is 5.73 Å². The fraction of sp³-hybridized carbons (Fsp3) is 0.444. The summed E-state index contributed by atoms with van der Waals surface area (Å²) >= 11 is 0. The SMILES string of the molecule is Cc1ccc(-n2ncc(C(=O)N3CCC(C)(CN)C3)c2C(F)(F)F)cc1.Cl. The summed E-state index contributed by atoms with van der Waals surface area (Å²) in [6.45, 7) is 4.88. The van der Waals surface area contributed by atoms with Crippen LogP contribution in [0.3, 0.4) is 0 Å². The highest BCUT2D eigenvalue weighted by atomic mass is 35.5. The molecule has 1 unspecified atom stereocenters. The predicted octanol–water partition coefficient (Wildman–Crippen LogP) is 3.43. The Hall–Kier alpha value is -2.06. The van der Waals surface area contributed by atoms with E-state index >= 15 is 0 Å². The molecule has 27 heavy (non-hydrogen) atoms. The number of carbonyl (C=O) groups is 1. The van der Waals surface area contributed by atoms with Gasteiger partial charge in [-0.3, -0.25) is 4.79 Å². The molecule has 1 aromatic carbocycles. The largest absolute Gasteiger partial charge is 0.434 e. The van der Waals surface area contributed by atoms with E-state index in [1.54, 1.807) is 24.3 Å². The molecule has 1 aromatic heterocycles. The van der Waals surface area contributed by atoms with Crippen LogP contribution in [0.2, 0.25) is 0 Å². The van der Waals surface area contributed by atoms with Gasteiger partial charge in [-0.15, -0.1) is 12.4 Å². The second kappa shape index (κ2) is 7.52. The van der Waals surface area contributed by atoms with Crippen LogP contribution in [-0.2, 0) is 6.18 Å². The summed E-state index contributed by atoms with van der Waals surface area (Å²) in [6.07, 6.45) is -3.03. The molecule has 1 aliphatic rings. The average Bonchev–Trinajstić information content (AvgIpc) is 3.19. The fourth-order valence-corrected chi connectivity index (χ4v) is 3.19. The lowest BCUT2D eigenvalue weighted by atomic mass is 9.90. The predicted molar refractivity (Wildman–Crippen MR) is 98.2 cm³/mol. The number of nitrogens with zero attached hydrogens (tertiary/aromatic N) is 3. The van der Waals surface area contributed by atoms with Crippen LogP contribution in [-0.4, -0.2) is 40.2 Å². The minimum Gasteiger partial charge on any atom is -0.338 e. The van der Waals surface area contributed by atoms with Crippen molar-refractivity contribution < 1.29 is 18.0 Å². The molecule has 0 radical (unpaired) electrons. The second-order valence-corrected chi connectivity index (χ2v) is 7.14. The monoisotopic (exact) mass is 402 g/mol. The highest BCUT2D eigenvalue weighted by Crippen LogP contribution is 2.36. The number of rotatable bonds is 3. The summed E-state index contributed by atoms with van der Waals surface area (Å²) in [4.78, 5) is 14.2. The number of hydrogen-bond acceptors (Lipinski definition) is 3. The molecule has 5 nitrogen and oxygen atoms in total. The van der Waals surface area contributed by atoms with E-state index in [1.807, 2.05) is 13.8 Å². The molecule has 2 heterocycles. The standard InChI is InChI=1S/C18H21F3N4O.ClH/c1-12-3-5-13(6-4-12)25-15(18(19,20)21)14(9-23-25)16(26)24-8-7-17(2,10-22)11-24;/h3-6,9H,7-8,10-11,22H2,1-2H3;1H. The minimum absolute atomic E-state index is 0. The number of alkyl halides is 3. The van der Waals surface area contributed by atoms with E-state index < -0.39 is 23.3 Å². The zero-order chi connectivity index (χ0) is 19.1. The Morgan fingerprint density at radius 1 is 1.30 bits per heavy atom. The van der Waals surface area contributed by atoms with Gasteiger partial charge in [-0.25, -0.2) is 4.68 Å². The molecule has 0 saturated carbocycles. The molecule has 148 valence electrons. The van der Waals surface area contributed by atoms with Crippen molar-refractivity contribution in [2.45, 2.75) is 26.4 Å². The van der Waals surface area contributed by atoms with Crippen LogP contribution in [0.25, 0.3) is 5.69 Å². The van der Waals surface area contributed by atoms with Crippen molar-refractivity contribution in [1.29, 1.82) is 0 Å². The van der Waals surface area contributed by atoms with E-state index in [2.05, 4.69) is 5.10 Å². The van der Waals surface area contributed by atoms with Crippen molar-refractivity contribution in [1.82, 2.24) is 14.7 Å². The molecule has 1 saturated heterocycles. The Morgan fingerprint density at radius 2 is 1.93 bits per heavy atom. The van der Waals surface area contributed by atoms with Crippen LogP contribution in [0.1, 0.15) is 35.0 Å². The molecule has 1 fully saturated rings. The normalized spacial score (nSPS) is 19.9. The minimum atomic E-state index is -4.71. The van der Waals surface area contributed by atoms with E-state index in [-0.39, 0.29) is 23.5 Å². The van der Waals surface area contributed by atoms with Crippen LogP contribution >= 0.6 is 12.4 Å². The maximum absolute atomic E-state index is 13.7. The van der Waals surface area contributed by atoms with Gasteiger partial charge in [0.25, 0.3) is 5.91 Å². The number of aryl methyl sites for hydroxylation is 1. The summed E-state index contributed by atoms with van der Waals surface area (Å²) in [5, 5.41) is 3.86. The molecule has 1 aliphatic heterocycles. The van der Waals surface area contributed by atoms with Gasteiger partial charge in [0.1, 0.15) is 0 Å². The molecule has 3 rings (SSSR count). The van der Waals surface area contributed by atoms with E-state index in [4.69, 9.17) is 5.73 Å². The number of benzene rings is 1. The molecule has 0 bridgehead atoms. The maximum atomic E-state index is 13.7. The fourth-order valence-electron chi connectivity index (χ4n) is 3.19. The molecule has 1 amide bonds. The first-order valence-corrected chi connectivity index (χ1v) is 8.36. The average molecular weight is 403 g/mol. The van der Waals surface area contributed by atoms with Gasteiger partial charge < -0.3 is 10.6 Å². The van der Waals surface area contributed by atoms with Gasteiger partial charge in [-0.2, -0.15) is 18.3 Å². The number of likely N-dealkylation sites (tertiary alicyclic amines) is 1. The third kappa shape index (κ3) is 4.11. The summed E-state index contributed by atoms with van der Waals surface area (Å²) in [5.74, 6) is -0.659. The first-order valence-electron chi connectivity index (χ1n) is 8.36. The number of nitrogens with two attached hydrogens (primary N) is 1. The smallest absolute Gasteiger partial charge is 0.338 e. The van der Waals surface area contributed by atoms with E-state index in [0.29, 0.717) is 26.1 Å². The van der Waals surface area contributed by atoms with Crippen LogP contribution in [0.15, 0.2) is 30.5 Å². The lowest BCUT2D eigenvalue weighted by Crippen LogP contribution is -2.35. The number of aromatic nitrogens is 2. The van der Waals surface area contributed by atoms with Crippen LogP contribution in [0, 0.1) is 12.3 Å². The molecule has 1 atom stereocenters. The summed E-state index contributed by atoms with van der Waals surface area (Å²) in [6, 6.07) is 6.50. The molecule has 0 aliphatic carbocycles. The number of amides is 1. The Balaban J connectivity index is 0.00000261. The summed E-state index contributed by atoms with van der Waals surface area (Å²) in [7, 11) is 0. The quantitative estimate of drug-likeness (QED) is 0.855. The Labute approximate surface area is 161 Å². The first-order chi connectivity index (χ1) is 12.1. The van der Waals surface area contributed by atoms with Gasteiger partial charge in [-0.05, 0) is 37.4 Å². The zero-order valence-corrected chi connectivity index (χ0v) is 15.9. The Bertz CT molecular complexity index is 819. The van der Waals surface area contributed by atoms with Crippen molar-refractivity contribution in [2.75, 3.05) is 19.6 Å². The molecule has 9 heteroatoms. The lowest BCUT2D eigenvalue weighted by molar-refractivity contribution is -0.143. The van der Waals surface area contributed by atoms with E-state index in [9.17, 15) is 18.0 Å². The molecular formula is C18H22ClF3N4O. The van der Waals surface area contributed by atoms with Crippen molar-refractivity contribution in [3.8, 4) is 5.69 Å². The maximum Gasteiger partial charge on any atom is 0.434 e. The van der Waals surface area contributed by atoms with Crippen LogP contribution in [0.4, 0.5) is 13.2 Å². The van der Waals surface area contributed by atoms with Gasteiger partial charge in [0.2, 0.25) is 0 Å². The topological polar surface area (TPSA) is 64.2 Å². The second-order valence-electron chi connectivity index (χ2n) is 7.14. The highest BCUT2D eigenvalue weighted by Gasteiger charge is 2.43. The van der Waals surface area contributed by atoms with Crippen molar-refractivity contribution in [3.63, 3.8) is 0 Å².